The van der Waals surface area contributed by atoms with Crippen molar-refractivity contribution in [2.45, 2.75) is 39.2 Å². The van der Waals surface area contributed by atoms with Gasteiger partial charge in [0, 0.05) is 12.7 Å². The lowest BCUT2D eigenvalue weighted by molar-refractivity contribution is -0.264. The predicted octanol–water partition coefficient (Wildman–Crippen LogP) is 5.07. The van der Waals surface area contributed by atoms with E-state index in [4.69, 9.17) is 5.26 Å². The Morgan fingerprint density at radius 1 is 1.08 bits per heavy atom. The molecule has 0 saturated heterocycles. The largest absolute Gasteiger partial charge is 0.293 e. The van der Waals surface area contributed by atoms with Crippen LogP contribution in [0.25, 0.3) is 11.1 Å². The summed E-state index contributed by atoms with van der Waals surface area (Å²) in [6.45, 7) is 6.29. The Morgan fingerprint density at radius 2 is 1.73 bits per heavy atom. The Hall–Kier alpha value is -2.61. The average Bonchev–Trinajstić information content (AvgIpc) is 2.84. The summed E-state index contributed by atoms with van der Waals surface area (Å²) >= 11 is 0. The van der Waals surface area contributed by atoms with E-state index in [1.807, 2.05) is 55.4 Å². The fourth-order valence-corrected chi connectivity index (χ4v) is 4.00. The Balaban J connectivity index is 2.23. The summed E-state index contributed by atoms with van der Waals surface area (Å²) < 4.78 is 0. The number of hydrogen-bond donors (Lipinski definition) is 1. The number of hydrogen-bond acceptors (Lipinski definition) is 4. The molecule has 26 heavy (non-hydrogen) atoms. The Kier molecular flexibility index (Phi) is 4.86. The minimum atomic E-state index is -0.585. The molecule has 2 aromatic rings. The fraction of sp³-hybridized carbons (Fsp3) is 0.318. The lowest BCUT2D eigenvalue weighted by Crippen LogP contribution is -2.46. The molecule has 134 valence electrons. The topological polar surface area (TPSA) is 50.5 Å². The summed E-state index contributed by atoms with van der Waals surface area (Å²) in [5.41, 5.74) is 5.48. The average molecular weight is 347 g/mol. The van der Waals surface area contributed by atoms with Crippen LogP contribution in [0.1, 0.15) is 44.7 Å². The van der Waals surface area contributed by atoms with Gasteiger partial charge in [0.05, 0.1) is 11.6 Å². The minimum Gasteiger partial charge on any atom is -0.293 e. The van der Waals surface area contributed by atoms with Gasteiger partial charge in [-0.25, -0.2) is 0 Å². The highest BCUT2D eigenvalue weighted by atomic mass is 16.6. The van der Waals surface area contributed by atoms with Gasteiger partial charge in [-0.05, 0) is 54.7 Å². The molecular formula is C22H25N3O. The number of nitrogens with zero attached hydrogens (tertiary/aromatic N) is 3. The molecule has 0 spiro atoms. The third kappa shape index (κ3) is 2.61. The lowest BCUT2D eigenvalue weighted by Gasteiger charge is -2.39. The fourth-order valence-electron chi connectivity index (χ4n) is 4.00. The number of rotatable bonds is 4. The first-order valence-electron chi connectivity index (χ1n) is 8.98. The zero-order valence-electron chi connectivity index (χ0n) is 15.8. The maximum atomic E-state index is 11.1. The van der Waals surface area contributed by atoms with Gasteiger partial charge in [0.1, 0.15) is 5.54 Å². The standard InChI is InChI=1S/C22H25N3O/c1-5-14-22(16(2)17(3)24(4)25(22)26)21-9-7-6-8-20(21)19-12-10-18(15-23)11-13-19/h6-13,26H,5,14H2,1-4H3. The second-order valence-corrected chi connectivity index (χ2v) is 6.87. The van der Waals surface area contributed by atoms with Crippen molar-refractivity contribution in [1.82, 2.24) is 10.2 Å². The molecule has 4 heteroatoms. The van der Waals surface area contributed by atoms with Crippen LogP contribution in [0.4, 0.5) is 0 Å². The van der Waals surface area contributed by atoms with Gasteiger partial charge in [-0.2, -0.15) is 5.26 Å². The molecular weight excluding hydrogens is 322 g/mol. The molecule has 0 saturated carbocycles. The van der Waals surface area contributed by atoms with E-state index in [1.165, 1.54) is 5.17 Å². The van der Waals surface area contributed by atoms with E-state index in [-0.39, 0.29) is 0 Å². The number of hydroxylamine groups is 1. The Bertz CT molecular complexity index is 879. The molecule has 1 heterocycles. The number of hydrazine groups is 1. The number of allylic oxidation sites excluding steroid dienone is 1. The van der Waals surface area contributed by atoms with Crippen LogP contribution in [0.5, 0.6) is 0 Å². The number of nitriles is 1. The first-order valence-corrected chi connectivity index (χ1v) is 8.98. The van der Waals surface area contributed by atoms with E-state index in [9.17, 15) is 5.21 Å². The summed E-state index contributed by atoms with van der Waals surface area (Å²) in [6, 6.07) is 18.0. The summed E-state index contributed by atoms with van der Waals surface area (Å²) in [7, 11) is 1.89. The van der Waals surface area contributed by atoms with Crippen LogP contribution in [0.2, 0.25) is 0 Å². The van der Waals surface area contributed by atoms with Crippen molar-refractivity contribution in [3.63, 3.8) is 0 Å². The predicted molar refractivity (Wildman–Crippen MR) is 103 cm³/mol. The normalized spacial score (nSPS) is 20.5. The molecule has 0 aliphatic carbocycles. The van der Waals surface area contributed by atoms with Crippen molar-refractivity contribution in [2.24, 2.45) is 0 Å². The van der Waals surface area contributed by atoms with Crippen molar-refractivity contribution >= 4 is 0 Å². The van der Waals surface area contributed by atoms with Crippen molar-refractivity contribution < 1.29 is 5.21 Å². The van der Waals surface area contributed by atoms with Crippen molar-refractivity contribution in [1.29, 1.82) is 5.26 Å². The van der Waals surface area contributed by atoms with Crippen LogP contribution in [0, 0.1) is 11.3 Å². The first kappa shape index (κ1) is 18.2. The van der Waals surface area contributed by atoms with Crippen LogP contribution in [0.3, 0.4) is 0 Å². The van der Waals surface area contributed by atoms with E-state index in [0.717, 1.165) is 40.8 Å². The zero-order chi connectivity index (χ0) is 18.9. The van der Waals surface area contributed by atoms with E-state index in [1.54, 1.807) is 0 Å². The van der Waals surface area contributed by atoms with Crippen molar-refractivity contribution in [3.8, 4) is 17.2 Å². The van der Waals surface area contributed by atoms with E-state index < -0.39 is 5.54 Å². The molecule has 1 atom stereocenters. The summed E-state index contributed by atoms with van der Waals surface area (Å²) in [5.74, 6) is 0. The molecule has 1 unspecified atom stereocenters. The monoisotopic (exact) mass is 347 g/mol. The van der Waals surface area contributed by atoms with Crippen molar-refractivity contribution in [2.75, 3.05) is 7.05 Å². The molecule has 0 radical (unpaired) electrons. The van der Waals surface area contributed by atoms with Gasteiger partial charge in [-0.1, -0.05) is 54.9 Å². The molecule has 1 aliphatic rings. The maximum absolute atomic E-state index is 11.1. The minimum absolute atomic E-state index is 0.585. The highest BCUT2D eigenvalue weighted by Gasteiger charge is 2.48. The maximum Gasteiger partial charge on any atom is 0.115 e. The molecule has 4 nitrogen and oxygen atoms in total. The van der Waals surface area contributed by atoms with Gasteiger partial charge < -0.3 is 0 Å². The smallest absolute Gasteiger partial charge is 0.115 e. The van der Waals surface area contributed by atoms with Gasteiger partial charge in [-0.3, -0.25) is 10.2 Å². The second kappa shape index (κ2) is 6.95. The lowest BCUT2D eigenvalue weighted by atomic mass is 9.77. The van der Waals surface area contributed by atoms with Gasteiger partial charge >= 0.3 is 0 Å². The third-order valence-corrected chi connectivity index (χ3v) is 5.58. The summed E-state index contributed by atoms with van der Waals surface area (Å²) in [6.07, 6.45) is 1.75. The van der Waals surface area contributed by atoms with E-state index in [0.29, 0.717) is 5.56 Å². The Morgan fingerprint density at radius 3 is 2.27 bits per heavy atom. The van der Waals surface area contributed by atoms with Crippen LogP contribution in [-0.4, -0.2) is 22.4 Å². The molecule has 0 amide bonds. The van der Waals surface area contributed by atoms with Crippen LogP contribution < -0.4 is 0 Å². The molecule has 0 aromatic heterocycles. The second-order valence-electron chi connectivity index (χ2n) is 6.87. The highest BCUT2D eigenvalue weighted by molar-refractivity contribution is 5.70. The highest BCUT2D eigenvalue weighted by Crippen LogP contribution is 2.49. The summed E-state index contributed by atoms with van der Waals surface area (Å²) in [5, 5.41) is 23.3. The van der Waals surface area contributed by atoms with Gasteiger partial charge in [0.15, 0.2) is 0 Å². The first-order chi connectivity index (χ1) is 12.5. The molecule has 2 aromatic carbocycles. The van der Waals surface area contributed by atoms with Crippen LogP contribution in [-0.2, 0) is 5.54 Å². The van der Waals surface area contributed by atoms with Crippen molar-refractivity contribution in [3.05, 3.63) is 70.9 Å². The SMILES string of the molecule is CCCC1(c2ccccc2-c2ccc(C#N)cc2)C(C)=C(C)N(C)N1O. The zero-order valence-corrected chi connectivity index (χ0v) is 15.8. The molecule has 0 bridgehead atoms. The molecule has 3 rings (SSSR count). The third-order valence-electron chi connectivity index (χ3n) is 5.58. The van der Waals surface area contributed by atoms with E-state index >= 15 is 0 Å². The Labute approximate surface area is 155 Å². The van der Waals surface area contributed by atoms with Crippen LogP contribution >= 0.6 is 0 Å². The molecule has 1 N–H and O–H groups in total. The van der Waals surface area contributed by atoms with Gasteiger partial charge in [0.25, 0.3) is 0 Å². The quantitative estimate of drug-likeness (QED) is 0.839. The number of benzene rings is 2. The van der Waals surface area contributed by atoms with E-state index in [2.05, 4.69) is 32.0 Å². The molecule has 1 aliphatic heterocycles. The van der Waals surface area contributed by atoms with Gasteiger partial charge in [-0.15, -0.1) is 0 Å². The van der Waals surface area contributed by atoms with Gasteiger partial charge in [0.2, 0.25) is 0 Å². The molecule has 0 fully saturated rings. The van der Waals surface area contributed by atoms with Crippen LogP contribution in [0.15, 0.2) is 59.8 Å². The summed E-state index contributed by atoms with van der Waals surface area (Å²) in [4.78, 5) is 0.